The van der Waals surface area contributed by atoms with E-state index >= 15 is 0 Å². The molecule has 0 aliphatic carbocycles. The summed E-state index contributed by atoms with van der Waals surface area (Å²) in [5.41, 5.74) is 2.21. The summed E-state index contributed by atoms with van der Waals surface area (Å²) in [5, 5.41) is 3.26. The van der Waals surface area contributed by atoms with Crippen LogP contribution in [-0.4, -0.2) is 18.4 Å². The maximum absolute atomic E-state index is 12.1. The quantitative estimate of drug-likeness (QED) is 0.806. The molecule has 1 aromatic carbocycles. The van der Waals surface area contributed by atoms with Crippen molar-refractivity contribution in [2.75, 3.05) is 6.54 Å². The van der Waals surface area contributed by atoms with Crippen LogP contribution in [0.3, 0.4) is 0 Å². The van der Waals surface area contributed by atoms with E-state index in [2.05, 4.69) is 45.1 Å². The van der Waals surface area contributed by atoms with Crippen LogP contribution in [0.5, 0.6) is 0 Å². The largest absolute Gasteiger partial charge is 0.314 e. The Bertz CT molecular complexity index is 387. The zero-order chi connectivity index (χ0) is 13.8. The second-order valence-corrected chi connectivity index (χ2v) is 5.91. The molecule has 0 aromatic heterocycles. The molecular formula is C16H25NO. The van der Waals surface area contributed by atoms with Gasteiger partial charge >= 0.3 is 0 Å². The molecule has 1 unspecified atom stereocenters. The Morgan fingerprint density at radius 1 is 1.22 bits per heavy atom. The minimum absolute atomic E-state index is 0.138. The van der Waals surface area contributed by atoms with Gasteiger partial charge in [-0.2, -0.15) is 0 Å². The number of ketones is 1. The van der Waals surface area contributed by atoms with Crippen LogP contribution in [-0.2, 0) is 5.41 Å². The first-order valence-corrected chi connectivity index (χ1v) is 6.71. The minimum Gasteiger partial charge on any atom is -0.314 e. The Morgan fingerprint density at radius 2 is 1.78 bits per heavy atom. The molecule has 100 valence electrons. The molecule has 0 saturated heterocycles. The number of carbonyl (C=O) groups is 1. The summed E-state index contributed by atoms with van der Waals surface area (Å²) in [6, 6.07) is 8.25. The Labute approximate surface area is 111 Å². The van der Waals surface area contributed by atoms with Crippen LogP contribution in [0.1, 0.15) is 57.0 Å². The lowest BCUT2D eigenvalue weighted by molar-refractivity contribution is 0.0972. The van der Waals surface area contributed by atoms with E-state index in [0.29, 0.717) is 6.42 Å². The minimum atomic E-state index is 0.138. The van der Waals surface area contributed by atoms with E-state index in [0.717, 1.165) is 12.1 Å². The van der Waals surface area contributed by atoms with Gasteiger partial charge in [-0.3, -0.25) is 4.79 Å². The zero-order valence-corrected chi connectivity index (χ0v) is 12.2. The molecule has 0 spiro atoms. The average Bonchev–Trinajstić information content (AvgIpc) is 2.28. The molecule has 18 heavy (non-hydrogen) atoms. The molecule has 0 heterocycles. The molecule has 0 aliphatic rings. The number of nitrogens with one attached hydrogen (secondary N) is 1. The first-order chi connectivity index (χ1) is 8.34. The van der Waals surface area contributed by atoms with Crippen LogP contribution in [0.15, 0.2) is 24.3 Å². The van der Waals surface area contributed by atoms with E-state index in [9.17, 15) is 4.79 Å². The van der Waals surface area contributed by atoms with Crippen LogP contribution >= 0.6 is 0 Å². The van der Waals surface area contributed by atoms with Crippen molar-refractivity contribution in [1.82, 2.24) is 5.32 Å². The summed E-state index contributed by atoms with van der Waals surface area (Å²) in [6.45, 7) is 11.5. The number of rotatable bonds is 5. The molecule has 1 rings (SSSR count). The van der Waals surface area contributed by atoms with Crippen molar-refractivity contribution >= 4 is 5.78 Å². The highest BCUT2D eigenvalue weighted by Crippen LogP contribution is 2.22. The van der Waals surface area contributed by atoms with Crippen LogP contribution < -0.4 is 5.32 Å². The lowest BCUT2D eigenvalue weighted by Crippen LogP contribution is -2.28. The van der Waals surface area contributed by atoms with Crippen molar-refractivity contribution in [3.05, 3.63) is 35.4 Å². The van der Waals surface area contributed by atoms with Crippen molar-refractivity contribution in [2.45, 2.75) is 52.5 Å². The maximum Gasteiger partial charge on any atom is 0.164 e. The Hall–Kier alpha value is -1.15. The number of benzene rings is 1. The molecular weight excluding hydrogens is 222 g/mol. The van der Waals surface area contributed by atoms with Gasteiger partial charge in [0.05, 0.1) is 0 Å². The summed E-state index contributed by atoms with van der Waals surface area (Å²) >= 11 is 0. The first kappa shape index (κ1) is 14.9. The number of Topliss-reactive ketones (excluding diaryl/α,β-unsaturated/α-hetero) is 1. The summed E-state index contributed by atoms with van der Waals surface area (Å²) in [4.78, 5) is 12.1. The predicted molar refractivity (Wildman–Crippen MR) is 77.2 cm³/mol. The molecule has 1 N–H and O–H groups in total. The van der Waals surface area contributed by atoms with Crippen LogP contribution in [0.4, 0.5) is 0 Å². The van der Waals surface area contributed by atoms with Gasteiger partial charge in [-0.1, -0.05) is 52.0 Å². The highest BCUT2D eigenvalue weighted by molar-refractivity contribution is 5.96. The number of carbonyl (C=O) groups excluding carboxylic acids is 1. The van der Waals surface area contributed by atoms with Crippen molar-refractivity contribution in [2.24, 2.45) is 0 Å². The van der Waals surface area contributed by atoms with Gasteiger partial charge in [0.2, 0.25) is 0 Å². The highest BCUT2D eigenvalue weighted by Gasteiger charge is 2.15. The summed E-state index contributed by atoms with van der Waals surface area (Å²) in [6.07, 6.45) is 0.558. The number of hydrogen-bond acceptors (Lipinski definition) is 2. The van der Waals surface area contributed by atoms with Gasteiger partial charge in [-0.15, -0.1) is 0 Å². The highest BCUT2D eigenvalue weighted by atomic mass is 16.1. The van der Waals surface area contributed by atoms with E-state index in [1.54, 1.807) is 0 Å². The van der Waals surface area contributed by atoms with Gasteiger partial charge in [0, 0.05) is 18.0 Å². The Balaban J connectivity index is 2.71. The van der Waals surface area contributed by atoms with E-state index in [1.807, 2.05) is 19.1 Å². The van der Waals surface area contributed by atoms with E-state index < -0.39 is 0 Å². The SMILES string of the molecule is CCNC(C)CC(=O)c1ccc(C(C)(C)C)cc1. The second kappa shape index (κ2) is 6.14. The Morgan fingerprint density at radius 3 is 2.22 bits per heavy atom. The molecule has 0 amide bonds. The van der Waals surface area contributed by atoms with E-state index in [-0.39, 0.29) is 17.2 Å². The molecule has 0 aliphatic heterocycles. The Kier molecular flexibility index (Phi) is 5.09. The smallest absolute Gasteiger partial charge is 0.164 e. The first-order valence-electron chi connectivity index (χ1n) is 6.71. The average molecular weight is 247 g/mol. The van der Waals surface area contributed by atoms with Crippen molar-refractivity contribution in [1.29, 1.82) is 0 Å². The lowest BCUT2D eigenvalue weighted by atomic mass is 9.86. The maximum atomic E-state index is 12.1. The molecule has 2 nitrogen and oxygen atoms in total. The second-order valence-electron chi connectivity index (χ2n) is 5.91. The van der Waals surface area contributed by atoms with Crippen molar-refractivity contribution in [3.63, 3.8) is 0 Å². The van der Waals surface area contributed by atoms with Gasteiger partial charge < -0.3 is 5.32 Å². The summed E-state index contributed by atoms with van der Waals surface area (Å²) in [7, 11) is 0. The van der Waals surface area contributed by atoms with Crippen molar-refractivity contribution in [3.8, 4) is 0 Å². The topological polar surface area (TPSA) is 29.1 Å². The van der Waals surface area contributed by atoms with Gasteiger partial charge in [-0.05, 0) is 24.4 Å². The third-order valence-electron chi connectivity index (χ3n) is 3.12. The molecule has 1 aromatic rings. The molecule has 0 bridgehead atoms. The fourth-order valence-corrected chi connectivity index (χ4v) is 1.97. The van der Waals surface area contributed by atoms with Gasteiger partial charge in [-0.25, -0.2) is 0 Å². The third kappa shape index (κ3) is 4.26. The predicted octanol–water partition coefficient (Wildman–Crippen LogP) is 3.55. The lowest BCUT2D eigenvalue weighted by Gasteiger charge is -2.19. The molecule has 1 atom stereocenters. The monoisotopic (exact) mass is 247 g/mol. The van der Waals surface area contributed by atoms with Crippen LogP contribution in [0.2, 0.25) is 0 Å². The van der Waals surface area contributed by atoms with Gasteiger partial charge in [0.25, 0.3) is 0 Å². The third-order valence-corrected chi connectivity index (χ3v) is 3.12. The standard InChI is InChI=1S/C16H25NO/c1-6-17-12(2)11-15(18)13-7-9-14(10-8-13)16(3,4)5/h7-10,12,17H,6,11H2,1-5H3. The van der Waals surface area contributed by atoms with Crippen LogP contribution in [0.25, 0.3) is 0 Å². The van der Waals surface area contributed by atoms with E-state index in [1.165, 1.54) is 5.56 Å². The number of hydrogen-bond donors (Lipinski definition) is 1. The fraction of sp³-hybridized carbons (Fsp3) is 0.562. The van der Waals surface area contributed by atoms with Crippen molar-refractivity contribution < 1.29 is 4.79 Å². The molecule has 0 fully saturated rings. The van der Waals surface area contributed by atoms with Crippen LogP contribution in [0, 0.1) is 0 Å². The molecule has 2 heteroatoms. The van der Waals surface area contributed by atoms with Gasteiger partial charge in [0.15, 0.2) is 5.78 Å². The van der Waals surface area contributed by atoms with Gasteiger partial charge in [0.1, 0.15) is 0 Å². The van der Waals surface area contributed by atoms with E-state index in [4.69, 9.17) is 0 Å². The molecule has 0 radical (unpaired) electrons. The normalized spacial score (nSPS) is 13.4. The molecule has 0 saturated carbocycles. The fourth-order valence-electron chi connectivity index (χ4n) is 1.97. The summed E-state index contributed by atoms with van der Waals surface area (Å²) in [5.74, 6) is 0.212. The summed E-state index contributed by atoms with van der Waals surface area (Å²) < 4.78 is 0. The zero-order valence-electron chi connectivity index (χ0n) is 12.2.